The van der Waals surface area contributed by atoms with E-state index in [4.69, 9.17) is 9.15 Å². The van der Waals surface area contributed by atoms with E-state index in [1.54, 1.807) is 48.7 Å². The molecule has 0 aliphatic rings. The molecule has 0 atom stereocenters. The molecule has 5 heteroatoms. The molecule has 0 unspecified atom stereocenters. The predicted octanol–water partition coefficient (Wildman–Crippen LogP) is 3.50. The van der Waals surface area contributed by atoms with Crippen molar-refractivity contribution in [3.63, 3.8) is 0 Å². The van der Waals surface area contributed by atoms with Crippen molar-refractivity contribution in [3.05, 3.63) is 60.1 Å². The maximum atomic E-state index is 11.9. The first kappa shape index (κ1) is 15.6. The summed E-state index contributed by atoms with van der Waals surface area (Å²) < 4.78 is 10.6. The van der Waals surface area contributed by atoms with E-state index < -0.39 is 0 Å². The number of nitrogens with zero attached hydrogens (tertiary/aromatic N) is 1. The van der Waals surface area contributed by atoms with Crippen molar-refractivity contribution >= 4 is 18.2 Å². The molecule has 0 saturated heterocycles. The number of hydrogen-bond donors (Lipinski definition) is 1. The van der Waals surface area contributed by atoms with Gasteiger partial charge in [0.1, 0.15) is 11.5 Å². The highest BCUT2D eigenvalue weighted by molar-refractivity contribution is 5.94. The Labute approximate surface area is 129 Å². The number of amides is 1. The summed E-state index contributed by atoms with van der Waals surface area (Å²) in [4.78, 5) is 11.9. The van der Waals surface area contributed by atoms with E-state index >= 15 is 0 Å². The Bertz CT molecular complexity index is 628. The minimum Gasteiger partial charge on any atom is -0.494 e. The van der Waals surface area contributed by atoms with Gasteiger partial charge in [0.25, 0.3) is 5.91 Å². The zero-order valence-corrected chi connectivity index (χ0v) is 12.4. The first-order valence-corrected chi connectivity index (χ1v) is 7.06. The topological polar surface area (TPSA) is 63.8 Å². The SMILES string of the molecule is CCCOc1ccc(C(=O)NN=CC=Cc2ccco2)cc1. The number of carbonyl (C=O) groups is 1. The summed E-state index contributed by atoms with van der Waals surface area (Å²) in [6.07, 6.45) is 7.45. The number of rotatable bonds is 7. The van der Waals surface area contributed by atoms with Crippen molar-refractivity contribution in [1.29, 1.82) is 0 Å². The molecule has 1 aromatic heterocycles. The van der Waals surface area contributed by atoms with Crippen molar-refractivity contribution in [2.45, 2.75) is 13.3 Å². The summed E-state index contributed by atoms with van der Waals surface area (Å²) in [6, 6.07) is 10.6. The number of benzene rings is 1. The Morgan fingerprint density at radius 2 is 2.14 bits per heavy atom. The standard InChI is InChI=1S/C17H18N2O3/c1-2-12-21-16-9-7-14(8-10-16)17(20)19-18-11-3-5-15-6-4-13-22-15/h3-11,13H,2,12H2,1H3,(H,19,20). The molecule has 2 rings (SSSR count). The quantitative estimate of drug-likeness (QED) is 0.628. The number of allylic oxidation sites excluding steroid dienone is 1. The van der Waals surface area contributed by atoms with Crippen LogP contribution in [0.5, 0.6) is 5.75 Å². The summed E-state index contributed by atoms with van der Waals surface area (Å²) in [5.74, 6) is 1.20. The Hall–Kier alpha value is -2.82. The van der Waals surface area contributed by atoms with Crippen LogP contribution in [0.2, 0.25) is 0 Å². The Kier molecular flexibility index (Phi) is 5.99. The molecular formula is C17H18N2O3. The maximum Gasteiger partial charge on any atom is 0.271 e. The van der Waals surface area contributed by atoms with Crippen LogP contribution in [0.4, 0.5) is 0 Å². The molecule has 0 radical (unpaired) electrons. The molecule has 5 nitrogen and oxygen atoms in total. The lowest BCUT2D eigenvalue weighted by molar-refractivity contribution is 0.0955. The average molecular weight is 298 g/mol. The third-order valence-corrected chi connectivity index (χ3v) is 2.72. The molecule has 0 bridgehead atoms. The second-order valence-corrected chi connectivity index (χ2v) is 4.47. The molecule has 1 N–H and O–H groups in total. The molecule has 22 heavy (non-hydrogen) atoms. The van der Waals surface area contributed by atoms with Crippen LogP contribution in [-0.2, 0) is 0 Å². The van der Waals surface area contributed by atoms with E-state index in [-0.39, 0.29) is 5.91 Å². The largest absolute Gasteiger partial charge is 0.494 e. The fourth-order valence-electron chi connectivity index (χ4n) is 1.65. The van der Waals surface area contributed by atoms with E-state index in [0.717, 1.165) is 17.9 Å². The first-order chi connectivity index (χ1) is 10.8. The number of furan rings is 1. The minimum atomic E-state index is -0.273. The van der Waals surface area contributed by atoms with Gasteiger partial charge in [0.2, 0.25) is 0 Å². The normalized spacial score (nSPS) is 11.1. The van der Waals surface area contributed by atoms with Crippen molar-refractivity contribution in [2.24, 2.45) is 5.10 Å². The van der Waals surface area contributed by atoms with Crippen molar-refractivity contribution in [3.8, 4) is 5.75 Å². The highest BCUT2D eigenvalue weighted by Crippen LogP contribution is 2.12. The second kappa shape index (κ2) is 8.46. The van der Waals surface area contributed by atoms with Crippen LogP contribution < -0.4 is 10.2 Å². The van der Waals surface area contributed by atoms with Gasteiger partial charge >= 0.3 is 0 Å². The number of ether oxygens (including phenoxy) is 1. The highest BCUT2D eigenvalue weighted by Gasteiger charge is 2.03. The third kappa shape index (κ3) is 4.94. The first-order valence-electron chi connectivity index (χ1n) is 7.06. The van der Waals surface area contributed by atoms with Gasteiger partial charge in [-0.15, -0.1) is 0 Å². The van der Waals surface area contributed by atoms with E-state index in [1.807, 2.05) is 13.0 Å². The summed E-state index contributed by atoms with van der Waals surface area (Å²) in [5.41, 5.74) is 2.97. The van der Waals surface area contributed by atoms with Gasteiger partial charge in [-0.3, -0.25) is 4.79 Å². The van der Waals surface area contributed by atoms with E-state index in [1.165, 1.54) is 6.21 Å². The van der Waals surface area contributed by atoms with Crippen LogP contribution >= 0.6 is 0 Å². The molecule has 1 aromatic carbocycles. The third-order valence-electron chi connectivity index (χ3n) is 2.72. The van der Waals surface area contributed by atoms with Crippen LogP contribution in [0.1, 0.15) is 29.5 Å². The molecule has 114 valence electrons. The lowest BCUT2D eigenvalue weighted by atomic mass is 10.2. The smallest absolute Gasteiger partial charge is 0.271 e. The van der Waals surface area contributed by atoms with Gasteiger partial charge in [0, 0.05) is 11.8 Å². The molecule has 0 saturated carbocycles. The zero-order valence-electron chi connectivity index (χ0n) is 12.4. The van der Waals surface area contributed by atoms with Crippen molar-refractivity contribution in [1.82, 2.24) is 5.43 Å². The molecular weight excluding hydrogens is 280 g/mol. The second-order valence-electron chi connectivity index (χ2n) is 4.47. The average Bonchev–Trinajstić information content (AvgIpc) is 3.06. The summed E-state index contributed by atoms with van der Waals surface area (Å²) >= 11 is 0. The summed E-state index contributed by atoms with van der Waals surface area (Å²) in [6.45, 7) is 2.71. The fourth-order valence-corrected chi connectivity index (χ4v) is 1.65. The summed E-state index contributed by atoms with van der Waals surface area (Å²) in [5, 5.41) is 3.83. The van der Waals surface area contributed by atoms with Crippen LogP contribution in [0, 0.1) is 0 Å². The van der Waals surface area contributed by atoms with Gasteiger partial charge in [-0.05, 0) is 55.0 Å². The van der Waals surface area contributed by atoms with E-state index in [9.17, 15) is 4.79 Å². The number of carbonyl (C=O) groups excluding carboxylic acids is 1. The van der Waals surface area contributed by atoms with E-state index in [2.05, 4.69) is 10.5 Å². The Balaban J connectivity index is 1.81. The van der Waals surface area contributed by atoms with Crippen LogP contribution in [0.15, 0.2) is 58.3 Å². The Morgan fingerprint density at radius 3 is 2.82 bits per heavy atom. The van der Waals surface area contributed by atoms with Gasteiger partial charge in [-0.1, -0.05) is 6.92 Å². The van der Waals surface area contributed by atoms with Gasteiger partial charge in [-0.2, -0.15) is 5.10 Å². The monoisotopic (exact) mass is 298 g/mol. The summed E-state index contributed by atoms with van der Waals surface area (Å²) in [7, 11) is 0. The molecule has 1 amide bonds. The van der Waals surface area contributed by atoms with E-state index in [0.29, 0.717) is 12.2 Å². The molecule has 0 fully saturated rings. The number of hydrazone groups is 1. The molecule has 0 aliphatic heterocycles. The van der Waals surface area contributed by atoms with Gasteiger partial charge in [-0.25, -0.2) is 5.43 Å². The molecule has 0 spiro atoms. The van der Waals surface area contributed by atoms with Crippen molar-refractivity contribution < 1.29 is 13.9 Å². The van der Waals surface area contributed by atoms with Crippen LogP contribution in [-0.4, -0.2) is 18.7 Å². The number of hydrogen-bond acceptors (Lipinski definition) is 4. The molecule has 1 heterocycles. The van der Waals surface area contributed by atoms with Gasteiger partial charge in [0.05, 0.1) is 12.9 Å². The number of nitrogens with one attached hydrogen (secondary N) is 1. The highest BCUT2D eigenvalue weighted by atomic mass is 16.5. The molecule has 0 aliphatic carbocycles. The fraction of sp³-hybridized carbons (Fsp3) is 0.176. The lowest BCUT2D eigenvalue weighted by Crippen LogP contribution is -2.17. The maximum absolute atomic E-state index is 11.9. The predicted molar refractivity (Wildman–Crippen MR) is 85.9 cm³/mol. The van der Waals surface area contributed by atoms with Crippen LogP contribution in [0.3, 0.4) is 0 Å². The van der Waals surface area contributed by atoms with Crippen molar-refractivity contribution in [2.75, 3.05) is 6.61 Å². The zero-order chi connectivity index (χ0) is 15.6. The Morgan fingerprint density at radius 1 is 1.32 bits per heavy atom. The van der Waals surface area contributed by atoms with Gasteiger partial charge in [0.15, 0.2) is 0 Å². The molecule has 2 aromatic rings. The van der Waals surface area contributed by atoms with Crippen LogP contribution in [0.25, 0.3) is 6.08 Å². The lowest BCUT2D eigenvalue weighted by Gasteiger charge is -2.05. The van der Waals surface area contributed by atoms with Gasteiger partial charge < -0.3 is 9.15 Å². The minimum absolute atomic E-state index is 0.273.